The third kappa shape index (κ3) is 4.19. The summed E-state index contributed by atoms with van der Waals surface area (Å²) in [6, 6.07) is 7.63. The summed E-state index contributed by atoms with van der Waals surface area (Å²) < 4.78 is 5.57. The maximum atomic E-state index is 12.7. The molecule has 3 rings (SSSR count). The van der Waals surface area contributed by atoms with Crippen LogP contribution in [0.25, 0.3) is 0 Å². The first-order valence-corrected chi connectivity index (χ1v) is 9.94. The predicted octanol–water partition coefficient (Wildman–Crippen LogP) is 3.29. The zero-order valence-electron chi connectivity index (χ0n) is 15.8. The first-order chi connectivity index (χ1) is 12.6. The molecule has 0 bridgehead atoms. The van der Waals surface area contributed by atoms with Crippen molar-refractivity contribution in [1.82, 2.24) is 10.6 Å². The molecule has 1 aliphatic heterocycles. The molecular weight excluding hydrogens is 328 g/mol. The van der Waals surface area contributed by atoms with Crippen molar-refractivity contribution in [3.63, 3.8) is 0 Å². The van der Waals surface area contributed by atoms with Crippen LogP contribution < -0.4 is 15.4 Å². The van der Waals surface area contributed by atoms with Gasteiger partial charge in [0, 0.05) is 18.5 Å². The second-order valence-electron chi connectivity index (χ2n) is 7.50. The lowest BCUT2D eigenvalue weighted by molar-refractivity contribution is -0.127. The number of nitrogens with one attached hydrogen (secondary N) is 2. The van der Waals surface area contributed by atoms with E-state index in [-0.39, 0.29) is 23.9 Å². The Morgan fingerprint density at radius 2 is 2.08 bits per heavy atom. The maximum absolute atomic E-state index is 12.7. The molecule has 2 N–H and O–H groups in total. The van der Waals surface area contributed by atoms with Crippen LogP contribution in [-0.2, 0) is 4.79 Å². The van der Waals surface area contributed by atoms with E-state index in [2.05, 4.69) is 17.6 Å². The van der Waals surface area contributed by atoms with Crippen molar-refractivity contribution in [3.05, 3.63) is 29.8 Å². The molecule has 1 saturated heterocycles. The first-order valence-electron chi connectivity index (χ1n) is 9.94. The maximum Gasteiger partial charge on any atom is 0.255 e. The molecular formula is C21H30N2O3. The Kier molecular flexibility index (Phi) is 6.17. The van der Waals surface area contributed by atoms with Gasteiger partial charge >= 0.3 is 0 Å². The van der Waals surface area contributed by atoms with Crippen LogP contribution in [-0.4, -0.2) is 30.5 Å². The smallest absolute Gasteiger partial charge is 0.255 e. The fourth-order valence-electron chi connectivity index (χ4n) is 4.60. The van der Waals surface area contributed by atoms with Crippen molar-refractivity contribution in [2.45, 2.75) is 64.5 Å². The molecule has 0 aromatic heterocycles. The molecule has 4 atom stereocenters. The van der Waals surface area contributed by atoms with Crippen molar-refractivity contribution >= 4 is 11.8 Å². The van der Waals surface area contributed by atoms with Gasteiger partial charge in [0.25, 0.3) is 5.91 Å². The van der Waals surface area contributed by atoms with E-state index in [9.17, 15) is 9.59 Å². The molecule has 2 fully saturated rings. The zero-order chi connectivity index (χ0) is 18.5. The van der Waals surface area contributed by atoms with Gasteiger partial charge in [0.1, 0.15) is 5.75 Å². The molecule has 26 heavy (non-hydrogen) atoms. The summed E-state index contributed by atoms with van der Waals surface area (Å²) in [5.41, 5.74) is 0.577. The molecule has 5 heteroatoms. The zero-order valence-corrected chi connectivity index (χ0v) is 15.8. The van der Waals surface area contributed by atoms with Crippen LogP contribution in [0, 0.1) is 11.8 Å². The van der Waals surface area contributed by atoms with Crippen LogP contribution >= 0.6 is 0 Å². The van der Waals surface area contributed by atoms with Gasteiger partial charge in [0.05, 0.1) is 12.2 Å². The van der Waals surface area contributed by atoms with Crippen LogP contribution in [0.1, 0.15) is 62.7 Å². The number of benzene rings is 1. The number of rotatable bonds is 6. The highest BCUT2D eigenvalue weighted by atomic mass is 16.5. The van der Waals surface area contributed by atoms with Crippen LogP contribution in [0.5, 0.6) is 5.75 Å². The molecule has 1 heterocycles. The van der Waals surface area contributed by atoms with Gasteiger partial charge in [-0.25, -0.2) is 0 Å². The monoisotopic (exact) mass is 358 g/mol. The summed E-state index contributed by atoms with van der Waals surface area (Å²) in [4.78, 5) is 24.8. The predicted molar refractivity (Wildman–Crippen MR) is 101 cm³/mol. The molecule has 4 unspecified atom stereocenters. The average Bonchev–Trinajstić information content (AvgIpc) is 2.62. The van der Waals surface area contributed by atoms with E-state index < -0.39 is 0 Å². The lowest BCUT2D eigenvalue weighted by Gasteiger charge is -2.44. The van der Waals surface area contributed by atoms with E-state index in [1.807, 2.05) is 25.1 Å². The molecule has 5 nitrogen and oxygen atoms in total. The fourth-order valence-corrected chi connectivity index (χ4v) is 4.60. The van der Waals surface area contributed by atoms with Crippen LogP contribution in [0.15, 0.2) is 24.3 Å². The molecule has 142 valence electrons. The summed E-state index contributed by atoms with van der Waals surface area (Å²) in [5.74, 6) is 1.74. The number of ether oxygens (including phenoxy) is 1. The van der Waals surface area contributed by atoms with Crippen LogP contribution in [0.4, 0.5) is 0 Å². The number of hydrogen-bond acceptors (Lipinski definition) is 3. The minimum Gasteiger partial charge on any atom is -0.493 e. The second kappa shape index (κ2) is 8.56. The Morgan fingerprint density at radius 1 is 1.27 bits per heavy atom. The number of carbonyl (C=O) groups is 2. The molecule has 0 radical (unpaired) electrons. The molecule has 2 amide bonds. The highest BCUT2D eigenvalue weighted by Crippen LogP contribution is 2.37. The Morgan fingerprint density at radius 3 is 2.85 bits per heavy atom. The van der Waals surface area contributed by atoms with Gasteiger partial charge in [-0.05, 0) is 56.6 Å². The summed E-state index contributed by atoms with van der Waals surface area (Å²) in [6.07, 6.45) is 5.75. The van der Waals surface area contributed by atoms with Gasteiger partial charge in [-0.2, -0.15) is 0 Å². The SMILES string of the molecule is CCCC1CC(=O)NC2CC(NC(=O)c3ccccc3OCC)CCC12. The minimum atomic E-state index is -0.0928. The normalized spacial score (nSPS) is 28.0. The van der Waals surface area contributed by atoms with Crippen LogP contribution in [0.2, 0.25) is 0 Å². The van der Waals surface area contributed by atoms with E-state index in [0.717, 1.165) is 32.1 Å². The van der Waals surface area contributed by atoms with Crippen molar-refractivity contribution < 1.29 is 14.3 Å². The summed E-state index contributed by atoms with van der Waals surface area (Å²) in [6.45, 7) is 4.62. The highest BCUT2D eigenvalue weighted by Gasteiger charge is 2.40. The van der Waals surface area contributed by atoms with Crippen molar-refractivity contribution in [2.24, 2.45) is 11.8 Å². The fraction of sp³-hybridized carbons (Fsp3) is 0.619. The average molecular weight is 358 g/mol. The van der Waals surface area contributed by atoms with Gasteiger partial charge in [0.2, 0.25) is 5.91 Å². The van der Waals surface area contributed by atoms with Gasteiger partial charge in [-0.1, -0.05) is 25.5 Å². The van der Waals surface area contributed by atoms with E-state index in [1.54, 1.807) is 6.07 Å². The minimum absolute atomic E-state index is 0.0928. The van der Waals surface area contributed by atoms with Gasteiger partial charge < -0.3 is 15.4 Å². The van der Waals surface area contributed by atoms with Gasteiger partial charge in [-0.15, -0.1) is 0 Å². The Balaban J connectivity index is 1.64. The lowest BCUT2D eigenvalue weighted by atomic mass is 9.70. The number of carbonyl (C=O) groups excluding carboxylic acids is 2. The standard InChI is InChI=1S/C21H30N2O3/c1-3-7-14-12-20(24)23-18-13-15(10-11-16(14)18)22-21(25)17-8-5-6-9-19(17)26-4-2/h5-6,8-9,14-16,18H,3-4,7,10-13H2,1-2H3,(H,22,25)(H,23,24). The van der Waals surface area contributed by atoms with Gasteiger partial charge in [0.15, 0.2) is 0 Å². The van der Waals surface area contributed by atoms with Crippen LogP contribution in [0.3, 0.4) is 0 Å². The molecule has 1 aromatic rings. The number of amides is 2. The second-order valence-corrected chi connectivity index (χ2v) is 7.50. The summed E-state index contributed by atoms with van der Waals surface area (Å²) in [5, 5.41) is 6.32. The van der Waals surface area contributed by atoms with Crippen molar-refractivity contribution in [2.75, 3.05) is 6.61 Å². The molecule has 1 saturated carbocycles. The van der Waals surface area contributed by atoms with Crippen molar-refractivity contribution in [1.29, 1.82) is 0 Å². The van der Waals surface area contributed by atoms with E-state index >= 15 is 0 Å². The first kappa shape index (κ1) is 18.7. The van der Waals surface area contributed by atoms with E-state index in [0.29, 0.717) is 36.2 Å². The summed E-state index contributed by atoms with van der Waals surface area (Å²) in [7, 11) is 0. The topological polar surface area (TPSA) is 67.4 Å². The number of hydrogen-bond donors (Lipinski definition) is 2. The molecule has 1 aromatic carbocycles. The quantitative estimate of drug-likeness (QED) is 0.820. The van der Waals surface area contributed by atoms with Gasteiger partial charge in [-0.3, -0.25) is 9.59 Å². The highest BCUT2D eigenvalue weighted by molar-refractivity contribution is 5.97. The number of para-hydroxylation sites is 1. The Labute approximate surface area is 155 Å². The third-order valence-corrected chi connectivity index (χ3v) is 5.73. The molecule has 2 aliphatic rings. The summed E-state index contributed by atoms with van der Waals surface area (Å²) >= 11 is 0. The molecule has 0 spiro atoms. The van der Waals surface area contributed by atoms with E-state index in [4.69, 9.17) is 4.74 Å². The van der Waals surface area contributed by atoms with Crippen molar-refractivity contribution in [3.8, 4) is 5.75 Å². The Hall–Kier alpha value is -2.04. The Bertz CT molecular complexity index is 646. The third-order valence-electron chi connectivity index (χ3n) is 5.73. The number of fused-ring (bicyclic) bond motifs is 1. The number of piperidine rings is 1. The lowest BCUT2D eigenvalue weighted by Crippen LogP contribution is -2.55. The molecule has 1 aliphatic carbocycles. The largest absolute Gasteiger partial charge is 0.493 e. The van der Waals surface area contributed by atoms with E-state index in [1.165, 1.54) is 0 Å².